The molecule has 0 N–H and O–H groups in total. The van der Waals surface area contributed by atoms with Crippen LogP contribution in [0.2, 0.25) is 0 Å². The van der Waals surface area contributed by atoms with Crippen molar-refractivity contribution in [3.05, 3.63) is 36.0 Å². The molecule has 0 saturated carbocycles. The van der Waals surface area contributed by atoms with Gasteiger partial charge in [-0.2, -0.15) is 13.2 Å². The number of alkyl halides is 3. The number of nitrogens with zero attached hydrogens (tertiary/aromatic N) is 6. The minimum atomic E-state index is -4.57. The van der Waals surface area contributed by atoms with E-state index in [0.717, 1.165) is 23.4 Å². The molecule has 0 aliphatic rings. The van der Waals surface area contributed by atoms with Crippen LogP contribution in [0.4, 0.5) is 19.0 Å². The molecule has 29 heavy (non-hydrogen) atoms. The molecular weight excluding hydrogens is 405 g/mol. The number of methoxy groups -OCH3 is 1. The van der Waals surface area contributed by atoms with E-state index in [0.29, 0.717) is 23.3 Å². The van der Waals surface area contributed by atoms with E-state index in [4.69, 9.17) is 4.74 Å². The van der Waals surface area contributed by atoms with Crippen LogP contribution in [-0.4, -0.2) is 45.9 Å². The number of rotatable bonds is 6. The summed E-state index contributed by atoms with van der Waals surface area (Å²) >= 11 is 0.940. The zero-order chi connectivity index (χ0) is 21.2. The number of hydrogen-bond donors (Lipinski definition) is 0. The summed E-state index contributed by atoms with van der Waals surface area (Å²) in [5.74, 6) is 1.46. The van der Waals surface area contributed by atoms with Gasteiger partial charge in [-0.1, -0.05) is 0 Å². The lowest BCUT2D eigenvalue weighted by Crippen LogP contribution is -2.16. The zero-order valence-electron chi connectivity index (χ0n) is 16.2. The molecule has 11 heteroatoms. The molecule has 3 rings (SSSR count). The van der Waals surface area contributed by atoms with Crippen molar-refractivity contribution in [2.75, 3.05) is 26.1 Å². The second-order valence-electron chi connectivity index (χ2n) is 6.17. The topological polar surface area (TPSA) is 69.0 Å². The Balaban J connectivity index is 1.98. The molecule has 0 aliphatic heterocycles. The molecule has 2 heterocycles. The summed E-state index contributed by atoms with van der Waals surface area (Å²) in [6.45, 7) is 2.43. The molecule has 0 atom stereocenters. The summed E-state index contributed by atoms with van der Waals surface area (Å²) in [4.78, 5) is 9.36. The molecule has 0 amide bonds. The van der Waals surface area contributed by atoms with Crippen LogP contribution in [0, 0.1) is 0 Å². The van der Waals surface area contributed by atoms with Gasteiger partial charge in [0.1, 0.15) is 11.6 Å². The Kier molecular flexibility index (Phi) is 5.96. The molecule has 0 aliphatic carbocycles. The molecule has 2 aromatic heterocycles. The Morgan fingerprint density at radius 1 is 1.10 bits per heavy atom. The van der Waals surface area contributed by atoms with Crippen LogP contribution in [0.3, 0.4) is 0 Å². The van der Waals surface area contributed by atoms with Crippen molar-refractivity contribution in [1.29, 1.82) is 0 Å². The lowest BCUT2D eigenvalue weighted by molar-refractivity contribution is -0.141. The molecule has 0 bridgehead atoms. The number of anilines is 1. The van der Waals surface area contributed by atoms with E-state index >= 15 is 0 Å². The summed E-state index contributed by atoms with van der Waals surface area (Å²) in [6, 6.07) is 8.20. The number of ether oxygens (including phenoxy) is 1. The van der Waals surface area contributed by atoms with Gasteiger partial charge < -0.3 is 14.2 Å². The molecular formula is C18H19F3N6OS. The Morgan fingerprint density at radius 3 is 2.34 bits per heavy atom. The maximum atomic E-state index is 13.2. The van der Waals surface area contributed by atoms with Gasteiger partial charge in [-0.15, -0.1) is 10.2 Å². The Hall–Kier alpha value is -2.82. The first kappa shape index (κ1) is 20.9. The third-order valence-electron chi connectivity index (χ3n) is 4.00. The molecule has 7 nitrogen and oxygen atoms in total. The van der Waals surface area contributed by atoms with Crippen molar-refractivity contribution >= 4 is 17.6 Å². The minimum Gasteiger partial charge on any atom is -0.497 e. The van der Waals surface area contributed by atoms with Gasteiger partial charge in [0, 0.05) is 32.3 Å². The van der Waals surface area contributed by atoms with Crippen LogP contribution in [0.5, 0.6) is 5.75 Å². The first-order chi connectivity index (χ1) is 13.7. The molecule has 1 aromatic carbocycles. The molecule has 3 aromatic rings. The van der Waals surface area contributed by atoms with Crippen molar-refractivity contribution in [1.82, 2.24) is 24.7 Å². The smallest absolute Gasteiger partial charge is 0.433 e. The highest BCUT2D eigenvalue weighted by molar-refractivity contribution is 7.99. The van der Waals surface area contributed by atoms with Gasteiger partial charge in [0.05, 0.1) is 7.11 Å². The van der Waals surface area contributed by atoms with Crippen LogP contribution >= 0.6 is 11.8 Å². The summed E-state index contributed by atoms with van der Waals surface area (Å²) in [5, 5.41) is 8.69. The predicted octanol–water partition coefficient (Wildman–Crippen LogP) is 4.00. The van der Waals surface area contributed by atoms with E-state index in [-0.39, 0.29) is 11.0 Å². The lowest BCUT2D eigenvalue weighted by atomic mass is 10.2. The molecule has 0 fully saturated rings. The second kappa shape index (κ2) is 8.27. The Morgan fingerprint density at radius 2 is 1.79 bits per heavy atom. The van der Waals surface area contributed by atoms with E-state index in [2.05, 4.69) is 20.2 Å². The monoisotopic (exact) mass is 424 g/mol. The fourth-order valence-electron chi connectivity index (χ4n) is 2.52. The third-order valence-corrected chi connectivity index (χ3v) is 4.85. The van der Waals surface area contributed by atoms with E-state index in [1.165, 1.54) is 4.90 Å². The first-order valence-corrected chi connectivity index (χ1v) is 9.43. The normalized spacial score (nSPS) is 11.6. The number of hydrogen-bond acceptors (Lipinski definition) is 7. The van der Waals surface area contributed by atoms with E-state index < -0.39 is 11.9 Å². The number of halogens is 3. The van der Waals surface area contributed by atoms with Crippen LogP contribution in [0.15, 0.2) is 40.6 Å². The van der Waals surface area contributed by atoms with Gasteiger partial charge in [0.2, 0.25) is 0 Å². The molecule has 154 valence electrons. The van der Waals surface area contributed by atoms with E-state index in [1.54, 1.807) is 37.9 Å². The average molecular weight is 424 g/mol. The fraction of sp³-hybridized carbons (Fsp3) is 0.333. The summed E-state index contributed by atoms with van der Waals surface area (Å²) < 4.78 is 46.6. The lowest BCUT2D eigenvalue weighted by Gasteiger charge is -2.15. The van der Waals surface area contributed by atoms with Gasteiger partial charge in [-0.05, 0) is 43.0 Å². The van der Waals surface area contributed by atoms with Crippen molar-refractivity contribution in [3.63, 3.8) is 0 Å². The van der Waals surface area contributed by atoms with Gasteiger partial charge in [-0.3, -0.25) is 0 Å². The van der Waals surface area contributed by atoms with Gasteiger partial charge in [0.25, 0.3) is 0 Å². The van der Waals surface area contributed by atoms with Gasteiger partial charge in [0.15, 0.2) is 21.8 Å². The standard InChI is InChI=1S/C18H19F3N6OS/c1-5-27-15(11-6-8-12(28-4)9-7-11)24-25-17(27)29-16-22-13(18(19,20)21)10-14(23-16)26(2)3/h6-10H,5H2,1-4H3. The Labute approximate surface area is 169 Å². The van der Waals surface area contributed by atoms with Crippen molar-refractivity contribution in [2.24, 2.45) is 0 Å². The highest BCUT2D eigenvalue weighted by atomic mass is 32.2. The van der Waals surface area contributed by atoms with Crippen molar-refractivity contribution < 1.29 is 17.9 Å². The van der Waals surface area contributed by atoms with Crippen LogP contribution in [0.25, 0.3) is 11.4 Å². The van der Waals surface area contributed by atoms with Crippen LogP contribution < -0.4 is 9.64 Å². The van der Waals surface area contributed by atoms with Crippen LogP contribution in [-0.2, 0) is 12.7 Å². The summed E-state index contributed by atoms with van der Waals surface area (Å²) in [7, 11) is 4.82. The van der Waals surface area contributed by atoms with Gasteiger partial charge in [-0.25, -0.2) is 9.97 Å². The molecule has 0 unspecified atom stereocenters. The maximum Gasteiger partial charge on any atom is 0.433 e. The van der Waals surface area contributed by atoms with E-state index in [1.807, 2.05) is 19.1 Å². The molecule has 0 radical (unpaired) electrons. The molecule has 0 saturated heterocycles. The van der Waals surface area contributed by atoms with Crippen molar-refractivity contribution in [2.45, 2.75) is 30.0 Å². The quantitative estimate of drug-likeness (QED) is 0.554. The molecule has 0 spiro atoms. The first-order valence-electron chi connectivity index (χ1n) is 8.62. The number of benzene rings is 1. The van der Waals surface area contributed by atoms with Gasteiger partial charge >= 0.3 is 6.18 Å². The predicted molar refractivity (Wildman–Crippen MR) is 103 cm³/mol. The highest BCUT2D eigenvalue weighted by Gasteiger charge is 2.34. The SMILES string of the molecule is CCn1c(Sc2nc(N(C)C)cc(C(F)(F)F)n2)nnc1-c1ccc(OC)cc1. The number of aromatic nitrogens is 5. The Bertz CT molecular complexity index is 988. The maximum absolute atomic E-state index is 13.2. The van der Waals surface area contributed by atoms with E-state index in [9.17, 15) is 13.2 Å². The summed E-state index contributed by atoms with van der Waals surface area (Å²) in [5.41, 5.74) is -0.192. The van der Waals surface area contributed by atoms with Crippen LogP contribution in [0.1, 0.15) is 12.6 Å². The highest BCUT2D eigenvalue weighted by Crippen LogP contribution is 2.33. The second-order valence-corrected chi connectivity index (χ2v) is 7.10. The summed E-state index contributed by atoms with van der Waals surface area (Å²) in [6.07, 6.45) is -4.57. The average Bonchev–Trinajstić information content (AvgIpc) is 3.09. The largest absolute Gasteiger partial charge is 0.497 e. The zero-order valence-corrected chi connectivity index (χ0v) is 17.0. The van der Waals surface area contributed by atoms with Crippen molar-refractivity contribution in [3.8, 4) is 17.1 Å². The fourth-order valence-corrected chi connectivity index (χ4v) is 3.37. The minimum absolute atomic E-state index is 0.0492. The third kappa shape index (κ3) is 4.61.